The van der Waals surface area contributed by atoms with Crippen LogP contribution in [-0.2, 0) is 4.74 Å². The van der Waals surface area contributed by atoms with E-state index in [0.29, 0.717) is 30.5 Å². The Labute approximate surface area is 112 Å². The zero-order valence-corrected chi connectivity index (χ0v) is 11.0. The summed E-state index contributed by atoms with van der Waals surface area (Å²) in [5.41, 5.74) is 0. The number of halogens is 1. The van der Waals surface area contributed by atoms with Gasteiger partial charge in [-0.1, -0.05) is 23.7 Å². The minimum Gasteiger partial charge on any atom is -0.489 e. The van der Waals surface area contributed by atoms with E-state index in [1.165, 1.54) is 0 Å². The third-order valence-corrected chi connectivity index (χ3v) is 3.21. The fourth-order valence-corrected chi connectivity index (χ4v) is 2.16. The summed E-state index contributed by atoms with van der Waals surface area (Å²) in [5, 5.41) is 9.53. The Balaban J connectivity index is 1.81. The molecule has 1 heterocycles. The van der Waals surface area contributed by atoms with Crippen molar-refractivity contribution in [2.75, 3.05) is 39.5 Å². The maximum Gasteiger partial charge on any atom is 0.138 e. The first-order chi connectivity index (χ1) is 8.79. The molecule has 0 aromatic heterocycles. The summed E-state index contributed by atoms with van der Waals surface area (Å²) >= 11 is 6.01. The fourth-order valence-electron chi connectivity index (χ4n) is 1.97. The molecule has 0 radical (unpaired) electrons. The number of benzene rings is 1. The van der Waals surface area contributed by atoms with Gasteiger partial charge in [0, 0.05) is 19.6 Å². The van der Waals surface area contributed by atoms with Crippen molar-refractivity contribution in [1.29, 1.82) is 0 Å². The smallest absolute Gasteiger partial charge is 0.138 e. The molecule has 1 N–H and O–H groups in total. The van der Waals surface area contributed by atoms with Crippen LogP contribution in [0.2, 0.25) is 5.02 Å². The van der Waals surface area contributed by atoms with Gasteiger partial charge in [0.15, 0.2) is 0 Å². The summed E-state index contributed by atoms with van der Waals surface area (Å²) in [6.45, 7) is 3.67. The van der Waals surface area contributed by atoms with Crippen molar-refractivity contribution < 1.29 is 14.6 Å². The van der Waals surface area contributed by atoms with Crippen LogP contribution in [0.5, 0.6) is 5.75 Å². The molecule has 1 fully saturated rings. The maximum atomic E-state index is 8.92. The van der Waals surface area contributed by atoms with Crippen LogP contribution in [0.25, 0.3) is 0 Å². The lowest BCUT2D eigenvalue weighted by atomic mass is 10.3. The fraction of sp³-hybridized carbons (Fsp3) is 0.538. The van der Waals surface area contributed by atoms with E-state index >= 15 is 0 Å². The standard InChI is InChI=1S/C13H18ClNO3/c14-12-3-1-2-4-13(12)18-10-11-9-15(5-7-16)6-8-17-11/h1-4,11,16H,5-10H2. The van der Waals surface area contributed by atoms with Crippen molar-refractivity contribution in [3.8, 4) is 5.75 Å². The normalized spacial score (nSPS) is 20.9. The van der Waals surface area contributed by atoms with Gasteiger partial charge in [0.1, 0.15) is 18.5 Å². The highest BCUT2D eigenvalue weighted by Gasteiger charge is 2.20. The van der Waals surface area contributed by atoms with Crippen LogP contribution >= 0.6 is 11.6 Å². The molecule has 4 nitrogen and oxygen atoms in total. The predicted molar refractivity (Wildman–Crippen MR) is 70.2 cm³/mol. The Morgan fingerprint density at radius 1 is 1.44 bits per heavy atom. The largest absolute Gasteiger partial charge is 0.489 e. The molecule has 18 heavy (non-hydrogen) atoms. The van der Waals surface area contributed by atoms with Gasteiger partial charge in [-0.3, -0.25) is 4.90 Å². The molecule has 1 aliphatic heterocycles. The molecule has 100 valence electrons. The van der Waals surface area contributed by atoms with E-state index in [4.69, 9.17) is 26.2 Å². The summed E-state index contributed by atoms with van der Waals surface area (Å²) < 4.78 is 11.3. The van der Waals surface area contributed by atoms with Gasteiger partial charge in [-0.25, -0.2) is 0 Å². The highest BCUT2D eigenvalue weighted by atomic mass is 35.5. The second-order valence-corrected chi connectivity index (χ2v) is 4.67. The average Bonchev–Trinajstić information content (AvgIpc) is 2.39. The molecule has 0 saturated carbocycles. The van der Waals surface area contributed by atoms with Crippen molar-refractivity contribution in [1.82, 2.24) is 4.90 Å². The molecular weight excluding hydrogens is 254 g/mol. The van der Waals surface area contributed by atoms with Gasteiger partial charge in [0.2, 0.25) is 0 Å². The van der Waals surface area contributed by atoms with Gasteiger partial charge in [-0.15, -0.1) is 0 Å². The predicted octanol–water partition coefficient (Wildman–Crippen LogP) is 1.41. The van der Waals surface area contributed by atoms with Crippen molar-refractivity contribution >= 4 is 11.6 Å². The summed E-state index contributed by atoms with van der Waals surface area (Å²) in [7, 11) is 0. The Morgan fingerprint density at radius 2 is 2.28 bits per heavy atom. The van der Waals surface area contributed by atoms with Gasteiger partial charge in [0.25, 0.3) is 0 Å². The van der Waals surface area contributed by atoms with Crippen LogP contribution in [-0.4, -0.2) is 55.6 Å². The summed E-state index contributed by atoms with van der Waals surface area (Å²) in [6.07, 6.45) is 0.0292. The van der Waals surface area contributed by atoms with E-state index in [1.54, 1.807) is 6.07 Å². The van der Waals surface area contributed by atoms with Gasteiger partial charge < -0.3 is 14.6 Å². The molecule has 1 unspecified atom stereocenters. The third kappa shape index (κ3) is 3.85. The zero-order valence-electron chi connectivity index (χ0n) is 10.2. The van der Waals surface area contributed by atoms with Gasteiger partial charge in [-0.05, 0) is 12.1 Å². The van der Waals surface area contributed by atoms with E-state index in [1.807, 2.05) is 18.2 Å². The van der Waals surface area contributed by atoms with E-state index in [0.717, 1.165) is 13.1 Å². The maximum absolute atomic E-state index is 8.92. The minimum absolute atomic E-state index is 0.0292. The van der Waals surface area contributed by atoms with Crippen LogP contribution in [0, 0.1) is 0 Å². The topological polar surface area (TPSA) is 41.9 Å². The van der Waals surface area contributed by atoms with Gasteiger partial charge in [-0.2, -0.15) is 0 Å². The molecule has 1 saturated heterocycles. The van der Waals surface area contributed by atoms with Crippen LogP contribution < -0.4 is 4.74 Å². The number of nitrogens with zero attached hydrogens (tertiary/aromatic N) is 1. The highest BCUT2D eigenvalue weighted by Crippen LogP contribution is 2.23. The summed E-state index contributed by atoms with van der Waals surface area (Å²) in [5.74, 6) is 0.682. The van der Waals surface area contributed by atoms with Crippen LogP contribution in [0.3, 0.4) is 0 Å². The quantitative estimate of drug-likeness (QED) is 0.879. The molecule has 0 amide bonds. The van der Waals surface area contributed by atoms with Gasteiger partial charge >= 0.3 is 0 Å². The van der Waals surface area contributed by atoms with E-state index < -0.39 is 0 Å². The number of morpholine rings is 1. The van der Waals surface area contributed by atoms with Crippen LogP contribution in [0.15, 0.2) is 24.3 Å². The Morgan fingerprint density at radius 3 is 3.06 bits per heavy atom. The lowest BCUT2D eigenvalue weighted by Crippen LogP contribution is -2.45. The monoisotopic (exact) mass is 271 g/mol. The number of aliphatic hydroxyl groups excluding tert-OH is 1. The van der Waals surface area contributed by atoms with E-state index in [-0.39, 0.29) is 12.7 Å². The van der Waals surface area contributed by atoms with E-state index in [9.17, 15) is 0 Å². The number of hydrogen-bond donors (Lipinski definition) is 1. The second kappa shape index (κ2) is 6.95. The molecule has 1 aliphatic rings. The number of para-hydroxylation sites is 1. The molecular formula is C13H18ClNO3. The number of hydrogen-bond acceptors (Lipinski definition) is 4. The zero-order chi connectivity index (χ0) is 12.8. The Kier molecular flexibility index (Phi) is 5.26. The van der Waals surface area contributed by atoms with Crippen molar-refractivity contribution in [3.05, 3.63) is 29.3 Å². The molecule has 0 spiro atoms. The van der Waals surface area contributed by atoms with E-state index in [2.05, 4.69) is 4.90 Å². The lowest BCUT2D eigenvalue weighted by Gasteiger charge is -2.32. The van der Waals surface area contributed by atoms with Crippen molar-refractivity contribution in [2.24, 2.45) is 0 Å². The number of aliphatic hydroxyl groups is 1. The second-order valence-electron chi connectivity index (χ2n) is 4.26. The average molecular weight is 272 g/mol. The van der Waals surface area contributed by atoms with Crippen LogP contribution in [0.4, 0.5) is 0 Å². The summed E-state index contributed by atoms with van der Waals surface area (Å²) in [6, 6.07) is 7.41. The first kappa shape index (κ1) is 13.6. The number of β-amino-alcohol motifs (C(OH)–C–C–N with tert-alkyl or cyclic N) is 1. The Bertz CT molecular complexity index is 373. The third-order valence-electron chi connectivity index (χ3n) is 2.90. The molecule has 5 heteroatoms. The minimum atomic E-state index is 0.0292. The molecule has 1 aromatic rings. The first-order valence-corrected chi connectivity index (χ1v) is 6.49. The summed E-state index contributed by atoms with van der Waals surface area (Å²) in [4.78, 5) is 2.17. The Hall–Kier alpha value is -0.810. The van der Waals surface area contributed by atoms with Crippen molar-refractivity contribution in [3.63, 3.8) is 0 Å². The molecule has 2 rings (SSSR count). The number of ether oxygens (including phenoxy) is 2. The van der Waals surface area contributed by atoms with Crippen LogP contribution in [0.1, 0.15) is 0 Å². The van der Waals surface area contributed by atoms with Crippen molar-refractivity contribution in [2.45, 2.75) is 6.10 Å². The highest BCUT2D eigenvalue weighted by molar-refractivity contribution is 6.32. The first-order valence-electron chi connectivity index (χ1n) is 6.11. The molecule has 1 aromatic carbocycles. The van der Waals surface area contributed by atoms with Gasteiger partial charge in [0.05, 0.1) is 18.2 Å². The molecule has 0 aliphatic carbocycles. The lowest BCUT2D eigenvalue weighted by molar-refractivity contribution is -0.0508. The molecule has 0 bridgehead atoms. The number of rotatable bonds is 5. The SMILES string of the molecule is OCCN1CCOC(COc2ccccc2Cl)C1. The molecule has 1 atom stereocenters.